The van der Waals surface area contributed by atoms with Crippen LogP contribution in [0.25, 0.3) is 0 Å². The maximum absolute atomic E-state index is 13.3. The van der Waals surface area contributed by atoms with Gasteiger partial charge in [-0.05, 0) is 60.9 Å². The van der Waals surface area contributed by atoms with E-state index in [2.05, 4.69) is 5.32 Å². The van der Waals surface area contributed by atoms with Gasteiger partial charge in [0.2, 0.25) is 10.0 Å². The van der Waals surface area contributed by atoms with Gasteiger partial charge in [-0.15, -0.1) is 0 Å². The monoisotopic (exact) mass is 426 g/mol. The normalized spacial score (nSPS) is 11.2. The van der Waals surface area contributed by atoms with Crippen LogP contribution in [-0.2, 0) is 16.6 Å². The molecular weight excluding hydrogens is 403 g/mol. The molecule has 1 amide bonds. The fraction of sp³-hybridized carbons (Fsp3) is 0.174. The van der Waals surface area contributed by atoms with Crippen molar-refractivity contribution in [3.05, 3.63) is 94.8 Å². The Kier molecular flexibility index (Phi) is 6.22. The van der Waals surface area contributed by atoms with Crippen molar-refractivity contribution >= 4 is 27.3 Å². The largest absolute Gasteiger partial charge is 0.322 e. The van der Waals surface area contributed by atoms with Crippen LogP contribution in [0.4, 0.5) is 15.8 Å². The molecule has 0 saturated heterocycles. The molecule has 0 aliphatic heterocycles. The van der Waals surface area contributed by atoms with E-state index >= 15 is 0 Å². The first-order chi connectivity index (χ1) is 14.1. The van der Waals surface area contributed by atoms with Crippen LogP contribution in [-0.4, -0.2) is 20.6 Å². The smallest absolute Gasteiger partial charge is 0.255 e. The van der Waals surface area contributed by atoms with Crippen molar-refractivity contribution in [1.29, 1.82) is 0 Å². The summed E-state index contributed by atoms with van der Waals surface area (Å²) in [5.74, 6) is -0.808. The Hall–Kier alpha value is -3.19. The maximum Gasteiger partial charge on any atom is 0.255 e. The predicted molar refractivity (Wildman–Crippen MR) is 118 cm³/mol. The molecule has 0 aliphatic rings. The molecule has 0 fully saturated rings. The van der Waals surface area contributed by atoms with Crippen LogP contribution in [0, 0.1) is 19.7 Å². The van der Waals surface area contributed by atoms with Crippen LogP contribution < -0.4 is 9.62 Å². The standard InChI is InChI=1S/C23H23FN2O3S/c1-16-6-4-7-17(2)22(16)26(30(3,28)29)15-18-10-12-19(13-11-18)23(27)25-21-9-5-8-20(24)14-21/h4-14H,15H2,1-3H3,(H,25,27). The highest BCUT2D eigenvalue weighted by Gasteiger charge is 2.21. The zero-order valence-corrected chi connectivity index (χ0v) is 17.8. The first-order valence-corrected chi connectivity index (χ1v) is 11.2. The lowest BCUT2D eigenvalue weighted by Gasteiger charge is -2.26. The fourth-order valence-corrected chi connectivity index (χ4v) is 4.26. The predicted octanol–water partition coefficient (Wildman–Crippen LogP) is 4.66. The topological polar surface area (TPSA) is 66.5 Å². The number of nitrogens with one attached hydrogen (secondary N) is 1. The molecule has 0 heterocycles. The summed E-state index contributed by atoms with van der Waals surface area (Å²) in [5, 5.41) is 2.64. The molecule has 0 saturated carbocycles. The van der Waals surface area contributed by atoms with Gasteiger partial charge in [-0.25, -0.2) is 12.8 Å². The minimum atomic E-state index is -3.51. The van der Waals surface area contributed by atoms with Crippen molar-refractivity contribution in [2.24, 2.45) is 0 Å². The third-order valence-electron chi connectivity index (χ3n) is 4.71. The van der Waals surface area contributed by atoms with Crippen molar-refractivity contribution in [3.63, 3.8) is 0 Å². The zero-order chi connectivity index (χ0) is 21.9. The number of benzene rings is 3. The number of hydrogen-bond acceptors (Lipinski definition) is 3. The third kappa shape index (κ3) is 5.04. The van der Waals surface area contributed by atoms with E-state index in [1.54, 1.807) is 30.3 Å². The molecule has 156 valence electrons. The SMILES string of the molecule is Cc1cccc(C)c1N(Cc1ccc(C(=O)Nc2cccc(F)c2)cc1)S(C)(=O)=O. The second-order valence-corrected chi connectivity index (χ2v) is 9.08. The van der Waals surface area contributed by atoms with E-state index in [1.807, 2.05) is 32.0 Å². The van der Waals surface area contributed by atoms with Crippen molar-refractivity contribution in [3.8, 4) is 0 Å². The van der Waals surface area contributed by atoms with Gasteiger partial charge in [-0.3, -0.25) is 9.10 Å². The molecule has 0 aliphatic carbocycles. The summed E-state index contributed by atoms with van der Waals surface area (Å²) >= 11 is 0. The van der Waals surface area contributed by atoms with Gasteiger partial charge < -0.3 is 5.32 Å². The fourth-order valence-electron chi connectivity index (χ4n) is 3.26. The van der Waals surface area contributed by atoms with E-state index in [-0.39, 0.29) is 12.5 Å². The van der Waals surface area contributed by atoms with Crippen molar-refractivity contribution in [2.75, 3.05) is 15.9 Å². The molecule has 3 aromatic rings. The highest BCUT2D eigenvalue weighted by atomic mass is 32.2. The lowest BCUT2D eigenvalue weighted by Crippen LogP contribution is -2.30. The molecule has 3 rings (SSSR count). The van der Waals surface area contributed by atoms with Crippen molar-refractivity contribution < 1.29 is 17.6 Å². The summed E-state index contributed by atoms with van der Waals surface area (Å²) in [6, 6.07) is 18.0. The number of rotatable bonds is 6. The summed E-state index contributed by atoms with van der Waals surface area (Å²) < 4.78 is 39.6. The molecule has 1 N–H and O–H groups in total. The minimum absolute atomic E-state index is 0.149. The van der Waals surface area contributed by atoms with Gasteiger partial charge in [-0.1, -0.05) is 36.4 Å². The Labute approximate surface area is 176 Å². The number of hydrogen-bond donors (Lipinski definition) is 1. The van der Waals surface area contributed by atoms with Gasteiger partial charge >= 0.3 is 0 Å². The number of carbonyl (C=O) groups excluding carboxylic acids is 1. The van der Waals surface area contributed by atoms with Gasteiger partial charge in [0.25, 0.3) is 5.91 Å². The molecule has 0 bridgehead atoms. The molecule has 30 heavy (non-hydrogen) atoms. The van der Waals surface area contributed by atoms with E-state index < -0.39 is 15.8 Å². The Balaban J connectivity index is 1.82. The van der Waals surface area contributed by atoms with Gasteiger partial charge in [0.1, 0.15) is 5.82 Å². The average molecular weight is 427 g/mol. The summed E-state index contributed by atoms with van der Waals surface area (Å²) in [7, 11) is -3.51. The molecule has 0 radical (unpaired) electrons. The van der Waals surface area contributed by atoms with Gasteiger partial charge in [0, 0.05) is 11.3 Å². The minimum Gasteiger partial charge on any atom is -0.322 e. The molecule has 3 aromatic carbocycles. The van der Waals surface area contributed by atoms with Crippen LogP contribution >= 0.6 is 0 Å². The Bertz CT molecular complexity index is 1160. The first kappa shape index (κ1) is 21.5. The number of carbonyl (C=O) groups is 1. The Morgan fingerprint density at radius 3 is 2.13 bits per heavy atom. The van der Waals surface area contributed by atoms with Crippen LogP contribution in [0.15, 0.2) is 66.7 Å². The Morgan fingerprint density at radius 1 is 0.967 bits per heavy atom. The highest BCUT2D eigenvalue weighted by Crippen LogP contribution is 2.28. The van der Waals surface area contributed by atoms with Crippen molar-refractivity contribution in [1.82, 2.24) is 0 Å². The molecule has 0 atom stereocenters. The lowest BCUT2D eigenvalue weighted by molar-refractivity contribution is 0.102. The second-order valence-electron chi connectivity index (χ2n) is 7.17. The second kappa shape index (κ2) is 8.67. The Morgan fingerprint density at radius 2 is 1.57 bits per heavy atom. The molecule has 7 heteroatoms. The number of amides is 1. The quantitative estimate of drug-likeness (QED) is 0.623. The summed E-state index contributed by atoms with van der Waals surface area (Å²) in [4.78, 5) is 12.4. The summed E-state index contributed by atoms with van der Waals surface area (Å²) in [6.45, 7) is 3.90. The number of aryl methyl sites for hydroxylation is 2. The third-order valence-corrected chi connectivity index (χ3v) is 5.83. The molecule has 0 aromatic heterocycles. The van der Waals surface area contributed by atoms with E-state index in [0.29, 0.717) is 16.9 Å². The van der Waals surface area contributed by atoms with E-state index in [4.69, 9.17) is 0 Å². The van der Waals surface area contributed by atoms with Crippen molar-refractivity contribution in [2.45, 2.75) is 20.4 Å². The van der Waals surface area contributed by atoms with Crippen LogP contribution in [0.5, 0.6) is 0 Å². The van der Waals surface area contributed by atoms with Crippen LogP contribution in [0.2, 0.25) is 0 Å². The van der Waals surface area contributed by atoms with Gasteiger partial charge in [-0.2, -0.15) is 0 Å². The van der Waals surface area contributed by atoms with E-state index in [1.165, 1.54) is 28.8 Å². The molecular formula is C23H23FN2O3S. The van der Waals surface area contributed by atoms with E-state index in [9.17, 15) is 17.6 Å². The highest BCUT2D eigenvalue weighted by molar-refractivity contribution is 7.92. The summed E-state index contributed by atoms with van der Waals surface area (Å²) in [5.41, 5.74) is 3.89. The number of halogens is 1. The molecule has 0 spiro atoms. The first-order valence-electron chi connectivity index (χ1n) is 9.35. The number of para-hydroxylation sites is 1. The zero-order valence-electron chi connectivity index (χ0n) is 17.0. The van der Waals surface area contributed by atoms with E-state index in [0.717, 1.165) is 16.7 Å². The lowest BCUT2D eigenvalue weighted by atomic mass is 10.1. The average Bonchev–Trinajstić information content (AvgIpc) is 2.67. The van der Waals surface area contributed by atoms with Crippen LogP contribution in [0.3, 0.4) is 0 Å². The van der Waals surface area contributed by atoms with Crippen LogP contribution in [0.1, 0.15) is 27.0 Å². The maximum atomic E-state index is 13.3. The molecule has 5 nitrogen and oxygen atoms in total. The number of sulfonamides is 1. The van der Waals surface area contributed by atoms with Gasteiger partial charge in [0.05, 0.1) is 18.5 Å². The number of anilines is 2. The number of nitrogens with zero attached hydrogens (tertiary/aromatic N) is 1. The summed E-state index contributed by atoms with van der Waals surface area (Å²) in [6.07, 6.45) is 1.18. The molecule has 0 unspecified atom stereocenters. The van der Waals surface area contributed by atoms with Gasteiger partial charge in [0.15, 0.2) is 0 Å².